The third-order valence-corrected chi connectivity index (χ3v) is 28.5. The first kappa shape index (κ1) is 98.4. The highest BCUT2D eigenvalue weighted by molar-refractivity contribution is 6.01. The van der Waals surface area contributed by atoms with E-state index >= 15 is 0 Å². The van der Waals surface area contributed by atoms with Crippen LogP contribution in [0.15, 0.2) is 142 Å². The lowest BCUT2D eigenvalue weighted by Crippen LogP contribution is -2.58. The molecule has 0 bridgehead atoms. The van der Waals surface area contributed by atoms with Gasteiger partial charge in [0.1, 0.15) is 6.54 Å². The number of amides is 3. The number of nitrogens with one attached hydrogen (secondary N) is 6. The van der Waals surface area contributed by atoms with E-state index in [0.717, 1.165) is 201 Å². The van der Waals surface area contributed by atoms with Crippen molar-refractivity contribution in [1.82, 2.24) is 50.5 Å². The van der Waals surface area contributed by atoms with Crippen molar-refractivity contribution in [1.29, 1.82) is 0 Å². The molecular weight excluding hydrogens is 1680 g/mol. The summed E-state index contributed by atoms with van der Waals surface area (Å²) in [6, 6.07) is 44.4. The minimum Gasteiger partial charge on any atom is -0.381 e. The number of alkyl halides is 3. The molecule has 5 saturated heterocycles. The number of pyridine rings is 3. The molecule has 3 aromatic heterocycles. The number of hydrogen-bond acceptors (Lipinski definition) is 17. The van der Waals surface area contributed by atoms with E-state index in [2.05, 4.69) is 156 Å². The van der Waals surface area contributed by atoms with Gasteiger partial charge in [-0.25, -0.2) is 0 Å². The molecule has 6 aromatic carbocycles. The first-order chi connectivity index (χ1) is 63.9. The molecule has 6 N–H and O–H groups in total. The molecule has 0 unspecified atom stereocenters. The molecule has 0 atom stereocenters. The van der Waals surface area contributed by atoms with Crippen molar-refractivity contribution < 1.29 is 46.5 Å². The fourth-order valence-electron chi connectivity index (χ4n) is 20.7. The summed E-state index contributed by atoms with van der Waals surface area (Å²) >= 11 is 0. The van der Waals surface area contributed by atoms with E-state index in [-0.39, 0.29) is 53.7 Å². The van der Waals surface area contributed by atoms with Crippen molar-refractivity contribution in [3.8, 4) is 33.4 Å². The summed E-state index contributed by atoms with van der Waals surface area (Å²) in [7, 11) is 4.36. The van der Waals surface area contributed by atoms with Gasteiger partial charge in [0.05, 0.1) is 26.4 Å². The molecular formula is C107H138F3N13O10. The van der Waals surface area contributed by atoms with Crippen molar-refractivity contribution in [2.75, 3.05) is 141 Å². The molecule has 0 radical (unpaired) electrons. The third kappa shape index (κ3) is 25.0. The maximum absolute atomic E-state index is 14.0. The van der Waals surface area contributed by atoms with Gasteiger partial charge in [-0.2, -0.15) is 13.2 Å². The van der Waals surface area contributed by atoms with Crippen LogP contribution in [0.3, 0.4) is 0 Å². The minimum absolute atomic E-state index is 0.0122. The summed E-state index contributed by atoms with van der Waals surface area (Å²) in [6.45, 7) is 36.4. The molecule has 5 aliphatic heterocycles. The predicted octanol–water partition coefficient (Wildman–Crippen LogP) is 16.6. The van der Waals surface area contributed by atoms with Crippen molar-refractivity contribution in [2.24, 2.45) is 5.41 Å². The molecule has 26 heteroatoms. The number of likely N-dealkylation sites (tertiary alicyclic amines) is 1. The molecule has 2 aliphatic carbocycles. The average Bonchev–Trinajstić information content (AvgIpc) is 0.751. The monoisotopic (exact) mass is 1820 g/mol. The predicted molar refractivity (Wildman–Crippen MR) is 524 cm³/mol. The summed E-state index contributed by atoms with van der Waals surface area (Å²) in [5.41, 5.74) is 22.5. The molecule has 9 aromatic rings. The van der Waals surface area contributed by atoms with Crippen LogP contribution in [-0.2, 0) is 58.2 Å². The van der Waals surface area contributed by atoms with E-state index < -0.39 is 24.7 Å². The number of aromatic nitrogens is 3. The zero-order valence-corrected chi connectivity index (χ0v) is 80.3. The lowest BCUT2D eigenvalue weighted by Gasteiger charge is -2.56. The van der Waals surface area contributed by atoms with Crippen molar-refractivity contribution in [3.63, 3.8) is 0 Å². The van der Waals surface area contributed by atoms with Gasteiger partial charge in [0, 0.05) is 210 Å². The lowest BCUT2D eigenvalue weighted by molar-refractivity contribution is -0.121. The fourth-order valence-corrected chi connectivity index (χ4v) is 20.7. The van der Waals surface area contributed by atoms with Crippen LogP contribution in [0.5, 0.6) is 0 Å². The van der Waals surface area contributed by atoms with Crippen molar-refractivity contribution >= 4 is 34.8 Å². The van der Waals surface area contributed by atoms with Gasteiger partial charge < -0.3 is 69.4 Å². The summed E-state index contributed by atoms with van der Waals surface area (Å²) < 4.78 is 64.1. The molecule has 133 heavy (non-hydrogen) atoms. The average molecular weight is 1820 g/mol. The molecule has 7 aliphatic rings. The quantitative estimate of drug-likeness (QED) is 0.0267. The number of nitrogens with zero attached hydrogens (tertiary/aromatic N) is 7. The Morgan fingerprint density at radius 2 is 0.699 bits per heavy atom. The Balaban J connectivity index is 0.000000160. The number of aromatic amines is 3. The van der Waals surface area contributed by atoms with E-state index in [1.165, 1.54) is 61.2 Å². The number of carbonyl (C=O) groups is 3. The second-order valence-electron chi connectivity index (χ2n) is 38.2. The normalized spacial score (nSPS) is 17.9. The second kappa shape index (κ2) is 44.7. The summed E-state index contributed by atoms with van der Waals surface area (Å²) in [6.07, 6.45) is 7.22. The van der Waals surface area contributed by atoms with E-state index in [4.69, 9.17) is 18.9 Å². The molecule has 2 saturated carbocycles. The Hall–Kier alpha value is -10.6. The number of halogens is 3. The SMILES string of the molecule is CCN(c1cc(-c2ccc(CN3CC4(CCC4)C3)cc2)cc(C(=O)NCc2c(C)cc(C)[nH]c2=O)c1C)C1CCOCC1.CCN(c1cc(-c2ccc(CN3CCOCC3)cc2)cc(C(=O)NCc2c(C)cc(C)[nH]c2=O)c1C)C1CCC(N(C)C)CC1.Cc1cc(C)c(CNC(=O)c2cc(-c3ccc(CN4CCOCC4)cc3)cc(N(CC(F)(F)F)C3CCOCC3)c2C)c(=O)[nH]1. The Bertz CT molecular complexity index is 5690. The molecule has 7 fully saturated rings. The van der Waals surface area contributed by atoms with Crippen LogP contribution in [0.1, 0.15) is 199 Å². The number of benzene rings is 6. The van der Waals surface area contributed by atoms with Gasteiger partial charge >= 0.3 is 6.18 Å². The number of ether oxygens (including phenoxy) is 4. The molecule has 8 heterocycles. The highest BCUT2D eigenvalue weighted by Crippen LogP contribution is 2.49. The van der Waals surface area contributed by atoms with E-state index in [0.29, 0.717) is 107 Å². The van der Waals surface area contributed by atoms with E-state index in [1.807, 2.05) is 89.2 Å². The largest absolute Gasteiger partial charge is 0.405 e. The number of anilines is 3. The van der Waals surface area contributed by atoms with Crippen LogP contribution in [-0.4, -0.2) is 208 Å². The van der Waals surface area contributed by atoms with Crippen LogP contribution >= 0.6 is 0 Å². The topological polar surface area (TPSA) is 245 Å². The number of carbonyl (C=O) groups excluding carboxylic acids is 3. The summed E-state index contributed by atoms with van der Waals surface area (Å²) in [4.78, 5) is 104. The molecule has 3 amide bonds. The number of H-pyrrole nitrogens is 3. The Morgan fingerprint density at radius 3 is 1.00 bits per heavy atom. The van der Waals surface area contributed by atoms with Crippen LogP contribution < -0.4 is 47.3 Å². The first-order valence-electron chi connectivity index (χ1n) is 48.0. The lowest BCUT2D eigenvalue weighted by atomic mass is 9.63. The fraction of sp³-hybridized carbons (Fsp3) is 0.495. The smallest absolute Gasteiger partial charge is 0.381 e. The van der Waals surface area contributed by atoms with Crippen LogP contribution in [0.4, 0.5) is 30.2 Å². The van der Waals surface area contributed by atoms with Crippen LogP contribution in [0.25, 0.3) is 33.4 Å². The number of hydrogen-bond donors (Lipinski definition) is 6. The Kier molecular flexibility index (Phi) is 33.1. The van der Waals surface area contributed by atoms with Gasteiger partial charge in [0.15, 0.2) is 0 Å². The maximum atomic E-state index is 14.0. The van der Waals surface area contributed by atoms with Gasteiger partial charge in [-0.1, -0.05) is 79.2 Å². The van der Waals surface area contributed by atoms with Gasteiger partial charge in [-0.05, 0) is 298 Å². The number of morpholine rings is 2. The molecule has 16 rings (SSSR count). The molecule has 712 valence electrons. The van der Waals surface area contributed by atoms with Crippen molar-refractivity contribution in [3.05, 3.63) is 259 Å². The third-order valence-electron chi connectivity index (χ3n) is 28.5. The standard InChI is InChI=1S/C37H51N5O3.C36H46N4O3.C34H41F3N4O4/c1-7-42(32-14-12-31(13-15-32)40(5)6)35-22-30(29-10-8-28(9-11-29)24-41-16-18-45-19-17-41)21-33(27(35)4)36(43)38-23-34-25(2)20-26(3)39-37(34)44;1-5-40(30-11-15-43-16-12-30)33-19-29(28-9-7-27(8-10-28)21-39-22-36(23-39)13-6-14-36)18-31(26(33)4)34(41)37-20-32-24(2)17-25(3)38-35(32)42;1-22-16-23(2)39-33(43)30(22)19-38-32(42)29-17-27(26-6-4-25(5-7-26)20-40-10-14-45-15-11-40)18-31(24(29)3)41(21-34(35,36)37)28-8-12-44-13-9-28/h8-11,20-22,31-32H,7,12-19,23-24H2,1-6H3,(H,38,43)(H,39,44);7-10,17-19,30H,5-6,11-16,20-23H2,1-4H3,(H,37,41)(H,38,42);4-7,16-18,28H,8-15,19-21H2,1-3H3,(H,38,42)(H,39,43). The van der Waals surface area contributed by atoms with Gasteiger partial charge in [-0.15, -0.1) is 0 Å². The second-order valence-corrected chi connectivity index (χ2v) is 38.2. The first-order valence-corrected chi connectivity index (χ1v) is 48.0. The van der Waals surface area contributed by atoms with Gasteiger partial charge in [0.25, 0.3) is 34.4 Å². The summed E-state index contributed by atoms with van der Waals surface area (Å²) in [5.74, 6) is -0.786. The van der Waals surface area contributed by atoms with E-state index in [1.54, 1.807) is 32.9 Å². The van der Waals surface area contributed by atoms with E-state index in [9.17, 15) is 41.9 Å². The minimum atomic E-state index is -4.45. The highest BCUT2D eigenvalue weighted by atomic mass is 19.4. The van der Waals surface area contributed by atoms with Crippen LogP contribution in [0, 0.1) is 67.7 Å². The zero-order chi connectivity index (χ0) is 94.4. The number of aryl methyl sites for hydroxylation is 6. The molecule has 23 nitrogen and oxygen atoms in total. The zero-order valence-electron chi connectivity index (χ0n) is 80.3. The highest BCUT2D eigenvalue weighted by Gasteiger charge is 2.47. The van der Waals surface area contributed by atoms with Crippen LogP contribution in [0.2, 0.25) is 0 Å². The molecule has 1 spiro atoms. The maximum Gasteiger partial charge on any atom is 0.405 e. The van der Waals surface area contributed by atoms with Gasteiger partial charge in [-0.3, -0.25) is 43.5 Å². The number of rotatable bonds is 28. The van der Waals surface area contributed by atoms with Crippen molar-refractivity contribution in [2.45, 2.75) is 216 Å². The Labute approximate surface area is 782 Å². The van der Waals surface area contributed by atoms with Gasteiger partial charge in [0.2, 0.25) is 0 Å². The summed E-state index contributed by atoms with van der Waals surface area (Å²) in [5, 5.41) is 8.98. The Morgan fingerprint density at radius 1 is 0.398 bits per heavy atom.